The lowest BCUT2D eigenvalue weighted by molar-refractivity contribution is 0.0983. The lowest BCUT2D eigenvalue weighted by Gasteiger charge is -2.13. The normalized spacial score (nSPS) is 11.9. The van der Waals surface area contributed by atoms with E-state index in [4.69, 9.17) is 5.14 Å². The van der Waals surface area contributed by atoms with Gasteiger partial charge in [0.15, 0.2) is 0 Å². The Morgan fingerprint density at radius 2 is 1.31 bits per heavy atom. The van der Waals surface area contributed by atoms with Crippen LogP contribution in [0, 0.1) is 0 Å². The average Bonchev–Trinajstić information content (AvgIpc) is 2.66. The van der Waals surface area contributed by atoms with E-state index >= 15 is 0 Å². The Hall–Kier alpha value is -3.01. The number of sulfonamides is 2. The Bertz CT molecular complexity index is 1360. The second kappa shape index (κ2) is 7.43. The van der Waals surface area contributed by atoms with Crippen molar-refractivity contribution >= 4 is 42.3 Å². The van der Waals surface area contributed by atoms with Gasteiger partial charge in [-0.1, -0.05) is 54.6 Å². The third-order valence-corrected chi connectivity index (χ3v) is 6.79. The van der Waals surface area contributed by atoms with Crippen LogP contribution in [0.3, 0.4) is 0 Å². The highest BCUT2D eigenvalue weighted by Crippen LogP contribution is 2.27. The summed E-state index contributed by atoms with van der Waals surface area (Å²) in [5.74, 6) is -0.890. The first-order chi connectivity index (χ1) is 13.5. The Balaban J connectivity index is 2.09. The maximum Gasteiger partial charge on any atom is 0.265 e. The zero-order valence-electron chi connectivity index (χ0n) is 15.4. The van der Waals surface area contributed by atoms with Crippen LogP contribution in [0.15, 0.2) is 77.0 Å². The SMILES string of the molecule is C=C(C)c1ccc(C(=O)NS(=O)(=O)c2ccccc2S(N)(=O)=O)c2ccccc12. The molecule has 3 aromatic rings. The van der Waals surface area contributed by atoms with E-state index in [2.05, 4.69) is 6.58 Å². The fraction of sp³-hybridized carbons (Fsp3) is 0.0500. The Morgan fingerprint density at radius 3 is 1.86 bits per heavy atom. The first-order valence-electron chi connectivity index (χ1n) is 8.39. The van der Waals surface area contributed by atoms with Crippen molar-refractivity contribution in [2.45, 2.75) is 16.7 Å². The lowest BCUT2D eigenvalue weighted by atomic mass is 9.96. The number of primary sulfonamides is 1. The maximum absolute atomic E-state index is 12.8. The number of hydrogen-bond donors (Lipinski definition) is 2. The number of nitrogens with one attached hydrogen (secondary N) is 1. The van der Waals surface area contributed by atoms with Crippen molar-refractivity contribution in [3.8, 4) is 0 Å². The molecule has 0 spiro atoms. The van der Waals surface area contributed by atoms with Crippen LogP contribution in [0.5, 0.6) is 0 Å². The summed E-state index contributed by atoms with van der Waals surface area (Å²) in [6.07, 6.45) is 0. The highest BCUT2D eigenvalue weighted by molar-refractivity contribution is 7.92. The Kier molecular flexibility index (Phi) is 5.31. The average molecular weight is 431 g/mol. The molecule has 0 saturated carbocycles. The summed E-state index contributed by atoms with van der Waals surface area (Å²) in [6.45, 7) is 5.75. The van der Waals surface area contributed by atoms with Crippen molar-refractivity contribution in [2.24, 2.45) is 5.14 Å². The zero-order chi connectivity index (χ0) is 21.4. The molecule has 0 aliphatic rings. The van der Waals surface area contributed by atoms with E-state index in [0.717, 1.165) is 28.7 Å². The summed E-state index contributed by atoms with van der Waals surface area (Å²) in [5.41, 5.74) is 1.75. The van der Waals surface area contributed by atoms with Crippen molar-refractivity contribution < 1.29 is 21.6 Å². The van der Waals surface area contributed by atoms with Crippen molar-refractivity contribution in [3.05, 3.63) is 78.4 Å². The second-order valence-electron chi connectivity index (χ2n) is 6.41. The van der Waals surface area contributed by atoms with E-state index in [1.807, 2.05) is 11.6 Å². The van der Waals surface area contributed by atoms with Gasteiger partial charge < -0.3 is 0 Å². The predicted molar refractivity (Wildman–Crippen MR) is 111 cm³/mol. The smallest absolute Gasteiger partial charge is 0.265 e. The number of hydrogen-bond acceptors (Lipinski definition) is 5. The molecule has 0 radical (unpaired) electrons. The van der Waals surface area contributed by atoms with Gasteiger partial charge in [-0.05, 0) is 41.5 Å². The molecule has 150 valence electrons. The first kappa shape index (κ1) is 20.7. The number of carbonyl (C=O) groups excluding carboxylic acids is 1. The minimum atomic E-state index is -4.49. The van der Waals surface area contributed by atoms with Gasteiger partial charge in [-0.3, -0.25) is 4.79 Å². The minimum Gasteiger partial charge on any atom is -0.268 e. The second-order valence-corrected chi connectivity index (χ2v) is 9.59. The number of rotatable bonds is 5. The van der Waals surface area contributed by atoms with Gasteiger partial charge >= 0.3 is 0 Å². The standard InChI is InChI=1S/C20H18N2O5S2/c1-13(2)14-11-12-17(16-8-4-3-7-15(14)16)20(23)22-29(26,27)19-10-6-5-9-18(19)28(21,24)25/h3-12H,1H2,2H3,(H,22,23)(H2,21,24,25). The molecule has 1 amide bonds. The van der Waals surface area contributed by atoms with Crippen LogP contribution >= 0.6 is 0 Å². The molecule has 0 fully saturated rings. The van der Waals surface area contributed by atoms with Crippen molar-refractivity contribution in [1.82, 2.24) is 4.72 Å². The number of nitrogens with two attached hydrogens (primary N) is 1. The van der Waals surface area contributed by atoms with Gasteiger partial charge in [0, 0.05) is 5.56 Å². The monoisotopic (exact) mass is 430 g/mol. The van der Waals surface area contributed by atoms with E-state index in [-0.39, 0.29) is 5.56 Å². The fourth-order valence-corrected chi connectivity index (χ4v) is 5.36. The highest BCUT2D eigenvalue weighted by atomic mass is 32.2. The van der Waals surface area contributed by atoms with Crippen LogP contribution in [-0.2, 0) is 20.0 Å². The van der Waals surface area contributed by atoms with Crippen molar-refractivity contribution in [1.29, 1.82) is 0 Å². The number of allylic oxidation sites excluding steroid dienone is 1. The lowest BCUT2D eigenvalue weighted by Crippen LogP contribution is -2.32. The molecule has 29 heavy (non-hydrogen) atoms. The van der Waals surface area contributed by atoms with Crippen LogP contribution in [0.2, 0.25) is 0 Å². The van der Waals surface area contributed by atoms with Crippen LogP contribution in [0.25, 0.3) is 16.3 Å². The van der Waals surface area contributed by atoms with Crippen molar-refractivity contribution in [3.63, 3.8) is 0 Å². The van der Waals surface area contributed by atoms with Crippen molar-refractivity contribution in [2.75, 3.05) is 0 Å². The molecule has 0 saturated heterocycles. The van der Waals surface area contributed by atoms with Gasteiger partial charge in [0.05, 0.1) is 0 Å². The van der Waals surface area contributed by atoms with Gasteiger partial charge in [-0.25, -0.2) is 26.7 Å². The number of carbonyl (C=O) groups is 1. The molecule has 0 bridgehead atoms. The molecule has 7 nitrogen and oxygen atoms in total. The third kappa shape index (κ3) is 4.07. The van der Waals surface area contributed by atoms with Gasteiger partial charge in [-0.2, -0.15) is 0 Å². The third-order valence-electron chi connectivity index (χ3n) is 4.30. The summed E-state index contributed by atoms with van der Waals surface area (Å²) in [6, 6.07) is 15.0. The molecule has 0 aliphatic heterocycles. The van der Waals surface area contributed by atoms with E-state index in [9.17, 15) is 21.6 Å². The molecule has 9 heteroatoms. The van der Waals surface area contributed by atoms with Gasteiger partial charge in [0.1, 0.15) is 9.79 Å². The maximum atomic E-state index is 12.8. The van der Waals surface area contributed by atoms with E-state index < -0.39 is 35.7 Å². The topological polar surface area (TPSA) is 123 Å². The first-order valence-corrected chi connectivity index (χ1v) is 11.4. The minimum absolute atomic E-state index is 0.127. The summed E-state index contributed by atoms with van der Waals surface area (Å²) in [7, 11) is -8.80. The van der Waals surface area contributed by atoms with E-state index in [1.54, 1.807) is 30.3 Å². The predicted octanol–water partition coefficient (Wildman–Crippen LogP) is 2.64. The number of amides is 1. The molecular formula is C20H18N2O5S2. The quantitative estimate of drug-likeness (QED) is 0.644. The molecule has 3 rings (SSSR count). The highest BCUT2D eigenvalue weighted by Gasteiger charge is 2.26. The summed E-state index contributed by atoms with van der Waals surface area (Å²) < 4.78 is 50.8. The molecule has 0 aromatic heterocycles. The zero-order valence-corrected chi connectivity index (χ0v) is 17.0. The van der Waals surface area contributed by atoms with Gasteiger partial charge in [0.2, 0.25) is 10.0 Å². The van der Waals surface area contributed by atoms with Crippen LogP contribution in [-0.4, -0.2) is 22.7 Å². The van der Waals surface area contributed by atoms with E-state index in [0.29, 0.717) is 5.39 Å². The van der Waals surface area contributed by atoms with Crippen LogP contribution in [0.4, 0.5) is 0 Å². The molecular weight excluding hydrogens is 412 g/mol. The molecule has 0 unspecified atom stereocenters. The summed E-state index contributed by atoms with van der Waals surface area (Å²) in [5, 5.41) is 6.39. The van der Waals surface area contributed by atoms with Gasteiger partial charge in [-0.15, -0.1) is 0 Å². The van der Waals surface area contributed by atoms with Crippen LogP contribution < -0.4 is 9.86 Å². The number of fused-ring (bicyclic) bond motifs is 1. The van der Waals surface area contributed by atoms with Gasteiger partial charge in [0.25, 0.3) is 15.9 Å². The molecule has 0 aliphatic carbocycles. The Morgan fingerprint density at radius 1 is 0.828 bits per heavy atom. The summed E-state index contributed by atoms with van der Waals surface area (Å²) >= 11 is 0. The largest absolute Gasteiger partial charge is 0.268 e. The summed E-state index contributed by atoms with van der Waals surface area (Å²) in [4.78, 5) is 11.6. The molecule has 3 N–H and O–H groups in total. The fourth-order valence-electron chi connectivity index (χ4n) is 3.01. The molecule has 0 heterocycles. The Labute approximate surface area is 169 Å². The van der Waals surface area contributed by atoms with E-state index in [1.165, 1.54) is 18.2 Å². The molecule has 3 aromatic carbocycles. The van der Waals surface area contributed by atoms with Crippen LogP contribution in [0.1, 0.15) is 22.8 Å². The molecule has 0 atom stereocenters. The number of benzene rings is 3.